The van der Waals surface area contributed by atoms with Crippen molar-refractivity contribution in [3.63, 3.8) is 0 Å². The zero-order valence-corrected chi connectivity index (χ0v) is 22.0. The van der Waals surface area contributed by atoms with Gasteiger partial charge in [0.1, 0.15) is 12.6 Å². The number of benzene rings is 2. The SMILES string of the molecule is CCc1ccccc1N(CC(=O)N(Cc1ccccc1Cl)[C@H](C)C(=O)NCC(C)C)S(C)(=O)=O. The average molecular weight is 508 g/mol. The standard InChI is InChI=1S/C25H34ClN3O4S/c1-6-20-11-8-10-14-23(20)29(34(5,32)33)17-24(30)28(16-21-12-7-9-13-22(21)26)19(4)25(31)27-15-18(2)3/h7-14,18-19H,6,15-17H2,1-5H3,(H,27,31)/t19-/m1/s1. The van der Waals surface area contributed by atoms with Crippen molar-refractivity contribution in [1.82, 2.24) is 10.2 Å². The van der Waals surface area contributed by atoms with E-state index in [1.165, 1.54) is 4.90 Å². The Morgan fingerprint density at radius 3 is 2.15 bits per heavy atom. The fourth-order valence-corrected chi connectivity index (χ4v) is 4.57. The lowest BCUT2D eigenvalue weighted by Crippen LogP contribution is -2.51. The third kappa shape index (κ3) is 7.46. The third-order valence-electron chi connectivity index (χ3n) is 5.47. The first-order valence-corrected chi connectivity index (χ1v) is 13.5. The minimum absolute atomic E-state index is 0.0712. The van der Waals surface area contributed by atoms with Crippen molar-refractivity contribution in [2.75, 3.05) is 23.7 Å². The van der Waals surface area contributed by atoms with Gasteiger partial charge in [-0.3, -0.25) is 13.9 Å². The highest BCUT2D eigenvalue weighted by Crippen LogP contribution is 2.25. The number of halogens is 1. The molecule has 0 aliphatic rings. The van der Waals surface area contributed by atoms with Gasteiger partial charge in [0.15, 0.2) is 0 Å². The number of amides is 2. The second kappa shape index (κ2) is 12.2. The monoisotopic (exact) mass is 507 g/mol. The summed E-state index contributed by atoms with van der Waals surface area (Å²) in [5.41, 5.74) is 1.93. The summed E-state index contributed by atoms with van der Waals surface area (Å²) >= 11 is 6.33. The first-order chi connectivity index (χ1) is 16.0. The molecule has 34 heavy (non-hydrogen) atoms. The molecule has 0 heterocycles. The molecule has 7 nitrogen and oxygen atoms in total. The number of carbonyl (C=O) groups excluding carboxylic acids is 2. The summed E-state index contributed by atoms with van der Waals surface area (Å²) in [4.78, 5) is 27.8. The van der Waals surface area contributed by atoms with E-state index in [1.54, 1.807) is 43.3 Å². The molecule has 0 fully saturated rings. The molecule has 0 aliphatic carbocycles. The van der Waals surface area contributed by atoms with E-state index in [0.29, 0.717) is 29.2 Å². The van der Waals surface area contributed by atoms with Gasteiger partial charge >= 0.3 is 0 Å². The fraction of sp³-hybridized carbons (Fsp3) is 0.440. The first kappa shape index (κ1) is 27.7. The minimum atomic E-state index is -3.77. The van der Waals surface area contributed by atoms with Gasteiger partial charge in [0.2, 0.25) is 21.8 Å². The number of carbonyl (C=O) groups is 2. The van der Waals surface area contributed by atoms with Gasteiger partial charge in [0, 0.05) is 18.1 Å². The van der Waals surface area contributed by atoms with E-state index < -0.39 is 28.5 Å². The van der Waals surface area contributed by atoms with Crippen LogP contribution in [0.25, 0.3) is 0 Å². The average Bonchev–Trinajstić information content (AvgIpc) is 2.79. The summed E-state index contributed by atoms with van der Waals surface area (Å²) in [6, 6.07) is 13.3. The second-order valence-corrected chi connectivity index (χ2v) is 11.0. The van der Waals surface area contributed by atoms with Crippen LogP contribution in [0.5, 0.6) is 0 Å². The lowest BCUT2D eigenvalue weighted by Gasteiger charge is -2.32. The number of nitrogens with zero attached hydrogens (tertiary/aromatic N) is 2. The Hall–Kier alpha value is -2.58. The Balaban J connectivity index is 2.42. The van der Waals surface area contributed by atoms with Gasteiger partial charge < -0.3 is 10.2 Å². The molecule has 2 rings (SSSR count). The molecular formula is C25H34ClN3O4S. The highest BCUT2D eigenvalue weighted by Gasteiger charge is 2.31. The van der Waals surface area contributed by atoms with E-state index in [2.05, 4.69) is 5.32 Å². The molecule has 1 N–H and O–H groups in total. The van der Waals surface area contributed by atoms with Gasteiger partial charge in [-0.25, -0.2) is 8.42 Å². The van der Waals surface area contributed by atoms with E-state index >= 15 is 0 Å². The Bertz CT molecular complexity index is 1100. The smallest absolute Gasteiger partial charge is 0.244 e. The van der Waals surface area contributed by atoms with Crippen LogP contribution >= 0.6 is 11.6 Å². The van der Waals surface area contributed by atoms with Gasteiger partial charge in [0.25, 0.3) is 0 Å². The van der Waals surface area contributed by atoms with Crippen LogP contribution in [0.1, 0.15) is 38.8 Å². The third-order valence-corrected chi connectivity index (χ3v) is 6.97. The van der Waals surface area contributed by atoms with Gasteiger partial charge in [0.05, 0.1) is 11.9 Å². The molecule has 0 aromatic heterocycles. The van der Waals surface area contributed by atoms with Crippen LogP contribution in [0, 0.1) is 5.92 Å². The number of para-hydroxylation sites is 1. The van der Waals surface area contributed by atoms with E-state index in [1.807, 2.05) is 32.9 Å². The lowest BCUT2D eigenvalue weighted by molar-refractivity contribution is -0.139. The van der Waals surface area contributed by atoms with Crippen molar-refractivity contribution in [2.24, 2.45) is 5.92 Å². The molecule has 2 amide bonds. The van der Waals surface area contributed by atoms with Gasteiger partial charge in [-0.15, -0.1) is 0 Å². The number of hydrogen-bond donors (Lipinski definition) is 1. The molecule has 0 saturated carbocycles. The Kier molecular flexibility index (Phi) is 9.94. The molecule has 9 heteroatoms. The van der Waals surface area contributed by atoms with Crippen molar-refractivity contribution >= 4 is 39.1 Å². The van der Waals surface area contributed by atoms with E-state index in [0.717, 1.165) is 16.1 Å². The number of hydrogen-bond acceptors (Lipinski definition) is 4. The van der Waals surface area contributed by atoms with Crippen LogP contribution in [0.2, 0.25) is 5.02 Å². The number of rotatable bonds is 11. The van der Waals surface area contributed by atoms with E-state index in [9.17, 15) is 18.0 Å². The van der Waals surface area contributed by atoms with Gasteiger partial charge in [-0.1, -0.05) is 68.8 Å². The van der Waals surface area contributed by atoms with E-state index in [4.69, 9.17) is 11.6 Å². The normalized spacial score (nSPS) is 12.3. The molecule has 0 spiro atoms. The van der Waals surface area contributed by atoms with Crippen molar-refractivity contribution in [2.45, 2.75) is 46.7 Å². The van der Waals surface area contributed by atoms with Crippen molar-refractivity contribution in [3.05, 3.63) is 64.7 Å². The zero-order valence-electron chi connectivity index (χ0n) is 20.4. The highest BCUT2D eigenvalue weighted by molar-refractivity contribution is 7.92. The maximum absolute atomic E-state index is 13.6. The lowest BCUT2D eigenvalue weighted by atomic mass is 10.1. The molecule has 0 saturated heterocycles. The van der Waals surface area contributed by atoms with Crippen molar-refractivity contribution in [1.29, 1.82) is 0 Å². The second-order valence-electron chi connectivity index (χ2n) is 8.68. The maximum atomic E-state index is 13.6. The molecule has 1 atom stereocenters. The quantitative estimate of drug-likeness (QED) is 0.500. The fourth-order valence-electron chi connectivity index (χ4n) is 3.49. The van der Waals surface area contributed by atoms with Crippen LogP contribution in [-0.2, 0) is 32.6 Å². The maximum Gasteiger partial charge on any atom is 0.244 e. The largest absolute Gasteiger partial charge is 0.354 e. The van der Waals surface area contributed by atoms with Crippen LogP contribution in [0.15, 0.2) is 48.5 Å². The number of anilines is 1. The summed E-state index contributed by atoms with van der Waals surface area (Å²) in [6.07, 6.45) is 1.68. The molecule has 186 valence electrons. The molecular weight excluding hydrogens is 474 g/mol. The van der Waals surface area contributed by atoms with Gasteiger partial charge in [-0.2, -0.15) is 0 Å². The first-order valence-electron chi connectivity index (χ1n) is 11.3. The molecule has 0 aliphatic heterocycles. The molecule has 0 radical (unpaired) electrons. The summed E-state index contributed by atoms with van der Waals surface area (Å²) < 4.78 is 26.5. The van der Waals surface area contributed by atoms with Crippen molar-refractivity contribution in [3.8, 4) is 0 Å². The summed E-state index contributed by atoms with van der Waals surface area (Å²) in [7, 11) is -3.77. The number of sulfonamides is 1. The molecule has 0 unspecified atom stereocenters. The predicted octanol–water partition coefficient (Wildman–Crippen LogP) is 3.86. The number of aryl methyl sites for hydroxylation is 1. The van der Waals surface area contributed by atoms with Crippen LogP contribution in [0.4, 0.5) is 5.69 Å². The van der Waals surface area contributed by atoms with Crippen LogP contribution < -0.4 is 9.62 Å². The summed E-state index contributed by atoms with van der Waals surface area (Å²) in [6.45, 7) is 7.63. The molecule has 0 bridgehead atoms. The minimum Gasteiger partial charge on any atom is -0.354 e. The summed E-state index contributed by atoms with van der Waals surface area (Å²) in [5.74, 6) is -0.562. The van der Waals surface area contributed by atoms with Crippen molar-refractivity contribution < 1.29 is 18.0 Å². The van der Waals surface area contributed by atoms with Crippen LogP contribution in [-0.4, -0.2) is 50.5 Å². The van der Waals surface area contributed by atoms with Gasteiger partial charge in [-0.05, 0) is 42.5 Å². The highest BCUT2D eigenvalue weighted by atomic mass is 35.5. The Morgan fingerprint density at radius 2 is 1.59 bits per heavy atom. The van der Waals surface area contributed by atoms with E-state index in [-0.39, 0.29) is 18.4 Å². The Labute approximate surface area is 208 Å². The molecule has 2 aromatic rings. The summed E-state index contributed by atoms with van der Waals surface area (Å²) in [5, 5.41) is 3.32. The zero-order chi connectivity index (χ0) is 25.5. The predicted molar refractivity (Wildman–Crippen MR) is 137 cm³/mol. The number of nitrogens with one attached hydrogen (secondary N) is 1. The topological polar surface area (TPSA) is 86.8 Å². The van der Waals surface area contributed by atoms with Crippen LogP contribution in [0.3, 0.4) is 0 Å². The molecule has 2 aromatic carbocycles. The Morgan fingerprint density at radius 1 is 1.00 bits per heavy atom.